The van der Waals surface area contributed by atoms with Gasteiger partial charge in [0.1, 0.15) is 12.6 Å². The average Bonchev–Trinajstić information content (AvgIpc) is 2.93. The Bertz CT molecular complexity index is 1360. The fraction of sp³-hybridized carbons (Fsp3) is 0.333. The van der Waals surface area contributed by atoms with E-state index in [4.69, 9.17) is 11.6 Å². The summed E-state index contributed by atoms with van der Waals surface area (Å²) < 4.78 is 28.7. The average molecular weight is 570 g/mol. The highest BCUT2D eigenvalue weighted by Crippen LogP contribution is 2.25. The van der Waals surface area contributed by atoms with Gasteiger partial charge in [0.2, 0.25) is 11.8 Å². The van der Waals surface area contributed by atoms with Crippen LogP contribution in [0.4, 0.5) is 5.69 Å². The molecule has 1 N–H and O–H groups in total. The zero-order valence-corrected chi connectivity index (χ0v) is 24.4. The Morgan fingerprint density at radius 1 is 0.897 bits per heavy atom. The van der Waals surface area contributed by atoms with Gasteiger partial charge in [0.05, 0.1) is 10.6 Å². The lowest BCUT2D eigenvalue weighted by molar-refractivity contribution is -0.139. The van der Waals surface area contributed by atoms with Crippen LogP contribution in [0, 0.1) is 5.92 Å². The van der Waals surface area contributed by atoms with Crippen molar-refractivity contribution in [2.24, 2.45) is 5.92 Å². The van der Waals surface area contributed by atoms with Crippen molar-refractivity contribution in [2.75, 3.05) is 17.4 Å². The molecule has 3 aromatic rings. The first-order valence-corrected chi connectivity index (χ1v) is 14.8. The molecule has 39 heavy (non-hydrogen) atoms. The summed E-state index contributed by atoms with van der Waals surface area (Å²) in [6.45, 7) is 7.68. The Kier molecular flexibility index (Phi) is 10.5. The lowest BCUT2D eigenvalue weighted by Crippen LogP contribution is -2.51. The third kappa shape index (κ3) is 8.07. The first-order valence-electron chi connectivity index (χ1n) is 13.0. The Hall–Kier alpha value is -3.36. The van der Waals surface area contributed by atoms with Gasteiger partial charge in [0.15, 0.2) is 0 Å². The van der Waals surface area contributed by atoms with Crippen molar-refractivity contribution >= 4 is 39.1 Å². The number of hydrogen-bond donors (Lipinski definition) is 1. The molecule has 0 heterocycles. The summed E-state index contributed by atoms with van der Waals surface area (Å²) >= 11 is 6.18. The summed E-state index contributed by atoms with van der Waals surface area (Å²) in [5, 5.41) is 3.38. The van der Waals surface area contributed by atoms with Crippen LogP contribution in [0.3, 0.4) is 0 Å². The van der Waals surface area contributed by atoms with Gasteiger partial charge in [-0.05, 0) is 66.8 Å². The molecule has 9 heteroatoms. The summed E-state index contributed by atoms with van der Waals surface area (Å²) in [6, 6.07) is 21.3. The van der Waals surface area contributed by atoms with Crippen LogP contribution in [0.15, 0.2) is 83.8 Å². The van der Waals surface area contributed by atoms with Gasteiger partial charge in [-0.15, -0.1) is 0 Å². The highest BCUT2D eigenvalue weighted by molar-refractivity contribution is 7.92. The van der Waals surface area contributed by atoms with Crippen LogP contribution in [-0.2, 0) is 32.6 Å². The number of nitrogens with zero attached hydrogens (tertiary/aromatic N) is 2. The second kappa shape index (κ2) is 13.6. The van der Waals surface area contributed by atoms with Crippen molar-refractivity contribution < 1.29 is 18.0 Å². The lowest BCUT2D eigenvalue weighted by atomic mass is 10.1. The second-order valence-electron chi connectivity index (χ2n) is 9.81. The maximum atomic E-state index is 13.9. The molecule has 0 saturated carbocycles. The summed E-state index contributed by atoms with van der Waals surface area (Å²) in [4.78, 5) is 28.4. The van der Waals surface area contributed by atoms with Gasteiger partial charge in [-0.2, -0.15) is 0 Å². The topological polar surface area (TPSA) is 86.8 Å². The first-order chi connectivity index (χ1) is 18.5. The number of hydrogen-bond acceptors (Lipinski definition) is 4. The molecular weight excluding hydrogens is 534 g/mol. The van der Waals surface area contributed by atoms with Gasteiger partial charge in [0.25, 0.3) is 10.0 Å². The second-order valence-corrected chi connectivity index (χ2v) is 12.1. The van der Waals surface area contributed by atoms with Crippen molar-refractivity contribution in [1.82, 2.24) is 10.2 Å². The molecule has 0 aromatic heterocycles. The van der Waals surface area contributed by atoms with E-state index in [1.54, 1.807) is 55.5 Å². The van der Waals surface area contributed by atoms with Crippen molar-refractivity contribution in [2.45, 2.75) is 51.6 Å². The standard InChI is InChI=1S/C30H36ClN3O4S/c1-5-24-14-16-27(17-15-24)34(39(37,38)28-12-7-6-8-13-28)21-29(35)33(20-25-10-9-11-26(31)18-25)23(4)30(36)32-19-22(2)3/h6-18,22-23H,5,19-21H2,1-4H3,(H,32,36). The van der Waals surface area contributed by atoms with Crippen molar-refractivity contribution in [3.8, 4) is 0 Å². The Labute approximate surface area is 236 Å². The van der Waals surface area contributed by atoms with Crippen LogP contribution in [-0.4, -0.2) is 44.3 Å². The van der Waals surface area contributed by atoms with Gasteiger partial charge in [-0.25, -0.2) is 8.42 Å². The Morgan fingerprint density at radius 2 is 1.56 bits per heavy atom. The molecule has 3 rings (SSSR count). The predicted molar refractivity (Wildman–Crippen MR) is 156 cm³/mol. The third-order valence-electron chi connectivity index (χ3n) is 6.34. The molecule has 0 aliphatic heterocycles. The lowest BCUT2D eigenvalue weighted by Gasteiger charge is -2.32. The quantitative estimate of drug-likeness (QED) is 0.321. The van der Waals surface area contributed by atoms with E-state index < -0.39 is 28.5 Å². The van der Waals surface area contributed by atoms with E-state index in [1.807, 2.05) is 39.0 Å². The number of carbonyl (C=O) groups is 2. The molecule has 7 nitrogen and oxygen atoms in total. The smallest absolute Gasteiger partial charge is 0.264 e. The number of sulfonamides is 1. The number of rotatable bonds is 12. The molecule has 0 fully saturated rings. The summed E-state index contributed by atoms with van der Waals surface area (Å²) in [6.07, 6.45) is 0.793. The van der Waals surface area contributed by atoms with Crippen molar-refractivity contribution in [3.63, 3.8) is 0 Å². The van der Waals surface area contributed by atoms with Gasteiger partial charge in [0, 0.05) is 18.1 Å². The zero-order chi connectivity index (χ0) is 28.6. The number of nitrogens with one attached hydrogen (secondary N) is 1. The molecule has 1 atom stereocenters. The molecule has 3 aromatic carbocycles. The van der Waals surface area contributed by atoms with Gasteiger partial charge >= 0.3 is 0 Å². The zero-order valence-electron chi connectivity index (χ0n) is 22.8. The number of carbonyl (C=O) groups excluding carboxylic acids is 2. The molecule has 208 valence electrons. The molecule has 0 aliphatic rings. The van der Waals surface area contributed by atoms with Crippen LogP contribution in [0.25, 0.3) is 0 Å². The minimum absolute atomic E-state index is 0.0708. The fourth-order valence-electron chi connectivity index (χ4n) is 4.01. The van der Waals surface area contributed by atoms with Gasteiger partial charge in [-0.1, -0.05) is 74.8 Å². The van der Waals surface area contributed by atoms with Crippen LogP contribution < -0.4 is 9.62 Å². The van der Waals surface area contributed by atoms with Crippen LogP contribution >= 0.6 is 11.6 Å². The SMILES string of the molecule is CCc1ccc(N(CC(=O)N(Cc2cccc(Cl)c2)C(C)C(=O)NCC(C)C)S(=O)(=O)c2ccccc2)cc1. The number of anilines is 1. The normalized spacial score (nSPS) is 12.2. The summed E-state index contributed by atoms with van der Waals surface area (Å²) in [5.74, 6) is -0.596. The number of halogens is 1. The predicted octanol–water partition coefficient (Wildman–Crippen LogP) is 5.29. The third-order valence-corrected chi connectivity index (χ3v) is 8.36. The first kappa shape index (κ1) is 30.2. The molecular formula is C30H36ClN3O4S. The molecule has 0 spiro atoms. The number of aryl methyl sites for hydroxylation is 1. The highest BCUT2D eigenvalue weighted by Gasteiger charge is 2.32. The van der Waals surface area contributed by atoms with Gasteiger partial charge in [-0.3, -0.25) is 13.9 Å². The molecule has 0 saturated heterocycles. The molecule has 0 bridgehead atoms. The fourth-order valence-corrected chi connectivity index (χ4v) is 5.66. The highest BCUT2D eigenvalue weighted by atomic mass is 35.5. The number of amides is 2. The maximum Gasteiger partial charge on any atom is 0.264 e. The monoisotopic (exact) mass is 569 g/mol. The van der Waals surface area contributed by atoms with Crippen molar-refractivity contribution in [1.29, 1.82) is 0 Å². The molecule has 0 radical (unpaired) electrons. The summed E-state index contributed by atoms with van der Waals surface area (Å²) in [7, 11) is -4.09. The molecule has 1 unspecified atom stereocenters. The minimum atomic E-state index is -4.09. The van der Waals surface area contributed by atoms with Crippen LogP contribution in [0.1, 0.15) is 38.8 Å². The maximum absolute atomic E-state index is 13.9. The van der Waals surface area contributed by atoms with E-state index in [1.165, 1.54) is 17.0 Å². The van der Waals surface area contributed by atoms with Crippen LogP contribution in [0.2, 0.25) is 5.02 Å². The van der Waals surface area contributed by atoms with Gasteiger partial charge < -0.3 is 10.2 Å². The van der Waals surface area contributed by atoms with E-state index in [2.05, 4.69) is 5.32 Å². The Morgan fingerprint density at radius 3 is 2.15 bits per heavy atom. The minimum Gasteiger partial charge on any atom is -0.354 e. The molecule has 0 aliphatic carbocycles. The van der Waals surface area contributed by atoms with E-state index in [9.17, 15) is 18.0 Å². The largest absolute Gasteiger partial charge is 0.354 e. The molecule has 2 amide bonds. The van der Waals surface area contributed by atoms with E-state index in [0.717, 1.165) is 21.9 Å². The number of benzene rings is 3. The summed E-state index contributed by atoms with van der Waals surface area (Å²) in [5.41, 5.74) is 2.13. The van der Waals surface area contributed by atoms with Crippen molar-refractivity contribution in [3.05, 3.63) is 95.0 Å². The van der Waals surface area contributed by atoms with E-state index in [0.29, 0.717) is 17.3 Å². The Balaban J connectivity index is 2.00. The van der Waals surface area contributed by atoms with E-state index in [-0.39, 0.29) is 23.3 Å². The van der Waals surface area contributed by atoms with E-state index >= 15 is 0 Å². The van der Waals surface area contributed by atoms with Crippen LogP contribution in [0.5, 0.6) is 0 Å².